The Bertz CT molecular complexity index is 800. The summed E-state index contributed by atoms with van der Waals surface area (Å²) in [6, 6.07) is 4.00. The fourth-order valence-electron chi connectivity index (χ4n) is 3.48. The lowest BCUT2D eigenvalue weighted by Crippen LogP contribution is -2.22. The summed E-state index contributed by atoms with van der Waals surface area (Å²) in [5, 5.41) is 0. The molecule has 2 heterocycles. The lowest BCUT2D eigenvalue weighted by Gasteiger charge is -2.27. The van der Waals surface area contributed by atoms with Gasteiger partial charge in [0.25, 0.3) is 5.56 Å². The summed E-state index contributed by atoms with van der Waals surface area (Å²) >= 11 is 5.20. The van der Waals surface area contributed by atoms with Crippen molar-refractivity contribution in [3.8, 4) is 0 Å². The van der Waals surface area contributed by atoms with Gasteiger partial charge < -0.3 is 4.98 Å². The van der Waals surface area contributed by atoms with E-state index in [1.807, 2.05) is 19.1 Å². The van der Waals surface area contributed by atoms with Gasteiger partial charge in [-0.15, -0.1) is 0 Å². The lowest BCUT2D eigenvalue weighted by atomic mass is 9.80. The first kappa shape index (κ1) is 16.1. The number of hydrogen-bond donors (Lipinski definition) is 2. The Morgan fingerprint density at radius 2 is 2.00 bits per heavy atom. The third-order valence-electron chi connectivity index (χ3n) is 4.83. The zero-order chi connectivity index (χ0) is 16.4. The standard InChI is InChI=1S/C18H23N3OS/c1-11-3-5-13(6-4-11)16-15(17(22)21-18(23)20-16)10-14-9-12(2)7-8-19-14/h7-9,11,13H,3-6,10H2,1-2H3,(H2,20,21,22,23). The van der Waals surface area contributed by atoms with Gasteiger partial charge in [0.15, 0.2) is 4.77 Å². The molecule has 1 aliphatic rings. The van der Waals surface area contributed by atoms with Crippen LogP contribution in [0.3, 0.4) is 0 Å². The highest BCUT2D eigenvalue weighted by Crippen LogP contribution is 2.35. The number of rotatable bonds is 3. The van der Waals surface area contributed by atoms with Crippen LogP contribution in [0.15, 0.2) is 23.1 Å². The predicted molar refractivity (Wildman–Crippen MR) is 94.4 cm³/mol. The lowest BCUT2D eigenvalue weighted by molar-refractivity contribution is 0.342. The second kappa shape index (κ2) is 6.79. The van der Waals surface area contributed by atoms with Gasteiger partial charge in [0.05, 0.1) is 0 Å². The maximum atomic E-state index is 12.5. The fraction of sp³-hybridized carbons (Fsp3) is 0.500. The monoisotopic (exact) mass is 329 g/mol. The summed E-state index contributed by atoms with van der Waals surface area (Å²) in [5.74, 6) is 1.17. The van der Waals surface area contributed by atoms with Gasteiger partial charge in [0, 0.05) is 29.6 Å². The Kier molecular flexibility index (Phi) is 4.76. The molecular formula is C18H23N3OS. The molecule has 2 aromatic heterocycles. The fourth-order valence-corrected chi connectivity index (χ4v) is 3.68. The van der Waals surface area contributed by atoms with Gasteiger partial charge in [-0.1, -0.05) is 19.8 Å². The average Bonchev–Trinajstić information content (AvgIpc) is 2.51. The van der Waals surface area contributed by atoms with Gasteiger partial charge in [-0.2, -0.15) is 0 Å². The minimum absolute atomic E-state index is 0.0781. The van der Waals surface area contributed by atoms with E-state index in [4.69, 9.17) is 12.2 Å². The SMILES string of the molecule is Cc1ccnc(Cc2c(C3CCC(C)CC3)[nH]c(=S)[nH]c2=O)c1. The van der Waals surface area contributed by atoms with Crippen molar-refractivity contribution in [2.45, 2.75) is 51.9 Å². The normalized spacial score (nSPS) is 21.3. The molecule has 1 aliphatic carbocycles. The molecule has 3 rings (SSSR count). The van der Waals surface area contributed by atoms with Crippen LogP contribution >= 0.6 is 12.2 Å². The van der Waals surface area contributed by atoms with Gasteiger partial charge in [0.1, 0.15) is 0 Å². The smallest absolute Gasteiger partial charge is 0.255 e. The number of nitrogens with one attached hydrogen (secondary N) is 2. The molecule has 122 valence electrons. The number of H-pyrrole nitrogens is 2. The Labute approximate surface area is 141 Å². The number of nitrogens with zero attached hydrogens (tertiary/aromatic N) is 1. The van der Waals surface area contributed by atoms with Crippen molar-refractivity contribution in [1.29, 1.82) is 0 Å². The van der Waals surface area contributed by atoms with Crippen molar-refractivity contribution >= 4 is 12.2 Å². The summed E-state index contributed by atoms with van der Waals surface area (Å²) in [6.07, 6.45) is 6.99. The quantitative estimate of drug-likeness (QED) is 0.836. The van der Waals surface area contributed by atoms with Crippen molar-refractivity contribution in [2.75, 3.05) is 0 Å². The summed E-state index contributed by atoms with van der Waals surface area (Å²) in [7, 11) is 0. The Balaban J connectivity index is 1.98. The summed E-state index contributed by atoms with van der Waals surface area (Å²) in [4.78, 5) is 22.9. The van der Waals surface area contributed by atoms with Gasteiger partial charge in [-0.25, -0.2) is 0 Å². The molecular weight excluding hydrogens is 306 g/mol. The van der Waals surface area contributed by atoms with E-state index in [0.29, 0.717) is 17.1 Å². The largest absolute Gasteiger partial charge is 0.335 e. The van der Waals surface area contributed by atoms with Crippen molar-refractivity contribution in [3.05, 3.63) is 56.0 Å². The molecule has 0 aliphatic heterocycles. The van der Waals surface area contributed by atoms with Crippen molar-refractivity contribution in [2.24, 2.45) is 5.92 Å². The summed E-state index contributed by atoms with van der Waals surface area (Å²) in [5.41, 5.74) is 3.81. The maximum absolute atomic E-state index is 12.5. The molecule has 2 N–H and O–H groups in total. The van der Waals surface area contributed by atoms with Crippen LogP contribution in [-0.2, 0) is 6.42 Å². The summed E-state index contributed by atoms with van der Waals surface area (Å²) in [6.45, 7) is 4.34. The van der Waals surface area contributed by atoms with Crippen molar-refractivity contribution in [1.82, 2.24) is 15.0 Å². The van der Waals surface area contributed by atoms with Gasteiger partial charge in [-0.05, 0) is 61.5 Å². The number of hydrogen-bond acceptors (Lipinski definition) is 3. The van der Waals surface area contributed by atoms with E-state index in [9.17, 15) is 4.79 Å². The van der Waals surface area contributed by atoms with Crippen LogP contribution in [0.4, 0.5) is 0 Å². The van der Waals surface area contributed by atoms with Gasteiger partial charge in [0.2, 0.25) is 0 Å². The summed E-state index contributed by atoms with van der Waals surface area (Å²) < 4.78 is 0.421. The molecule has 0 unspecified atom stereocenters. The molecule has 0 amide bonds. The van der Waals surface area contributed by atoms with Crippen LogP contribution in [0.25, 0.3) is 0 Å². The van der Waals surface area contributed by atoms with Gasteiger partial charge >= 0.3 is 0 Å². The average molecular weight is 329 g/mol. The van der Waals surface area contributed by atoms with E-state index < -0.39 is 0 Å². The van der Waals surface area contributed by atoms with E-state index in [1.165, 1.54) is 12.8 Å². The topological polar surface area (TPSA) is 61.5 Å². The molecule has 5 heteroatoms. The third kappa shape index (κ3) is 3.78. The molecule has 0 radical (unpaired) electrons. The Morgan fingerprint density at radius 3 is 2.70 bits per heavy atom. The molecule has 4 nitrogen and oxygen atoms in total. The van der Waals surface area contributed by atoms with Crippen LogP contribution in [-0.4, -0.2) is 15.0 Å². The number of aromatic amines is 2. The van der Waals surface area contributed by atoms with Crippen LogP contribution in [0, 0.1) is 17.6 Å². The minimum atomic E-state index is -0.0781. The van der Waals surface area contributed by atoms with Crippen LogP contribution in [0.1, 0.15) is 61.0 Å². The molecule has 0 bridgehead atoms. The van der Waals surface area contributed by atoms with Crippen LogP contribution in [0.5, 0.6) is 0 Å². The van der Waals surface area contributed by atoms with Crippen molar-refractivity contribution in [3.63, 3.8) is 0 Å². The van der Waals surface area contributed by atoms with Crippen LogP contribution < -0.4 is 5.56 Å². The first-order valence-corrected chi connectivity index (χ1v) is 8.70. The van der Waals surface area contributed by atoms with E-state index in [0.717, 1.165) is 41.3 Å². The van der Waals surface area contributed by atoms with Crippen LogP contribution in [0.2, 0.25) is 0 Å². The van der Waals surface area contributed by atoms with E-state index in [2.05, 4.69) is 21.9 Å². The maximum Gasteiger partial charge on any atom is 0.255 e. The second-order valence-electron chi connectivity index (χ2n) is 6.76. The number of aromatic nitrogens is 3. The van der Waals surface area contributed by atoms with E-state index in [1.54, 1.807) is 6.20 Å². The molecule has 0 saturated heterocycles. The first-order valence-electron chi connectivity index (χ1n) is 8.30. The zero-order valence-corrected chi connectivity index (χ0v) is 14.5. The molecule has 2 aromatic rings. The molecule has 1 fully saturated rings. The minimum Gasteiger partial charge on any atom is -0.335 e. The highest BCUT2D eigenvalue weighted by Gasteiger charge is 2.24. The molecule has 0 aromatic carbocycles. The van der Waals surface area contributed by atoms with E-state index >= 15 is 0 Å². The highest BCUT2D eigenvalue weighted by molar-refractivity contribution is 7.71. The number of pyridine rings is 1. The Morgan fingerprint density at radius 1 is 1.26 bits per heavy atom. The molecule has 0 atom stereocenters. The van der Waals surface area contributed by atoms with E-state index in [-0.39, 0.29) is 5.56 Å². The zero-order valence-electron chi connectivity index (χ0n) is 13.7. The first-order chi connectivity index (χ1) is 11.0. The van der Waals surface area contributed by atoms with Gasteiger partial charge in [-0.3, -0.25) is 14.8 Å². The Hall–Kier alpha value is -1.75. The highest BCUT2D eigenvalue weighted by atomic mass is 32.1. The second-order valence-corrected chi connectivity index (χ2v) is 7.17. The third-order valence-corrected chi connectivity index (χ3v) is 5.03. The van der Waals surface area contributed by atoms with Crippen molar-refractivity contribution < 1.29 is 0 Å². The molecule has 0 spiro atoms. The number of aryl methyl sites for hydroxylation is 1. The molecule has 1 saturated carbocycles. The molecule has 23 heavy (non-hydrogen) atoms. The predicted octanol–water partition coefficient (Wildman–Crippen LogP) is 4.02.